The third kappa shape index (κ3) is 3.57. The summed E-state index contributed by atoms with van der Waals surface area (Å²) in [6.45, 7) is 0.956. The highest BCUT2D eigenvalue weighted by atomic mass is 32.2. The molecule has 1 heterocycles. The molecule has 5 nitrogen and oxygen atoms in total. The largest absolute Gasteiger partial charge is 0.399 e. The summed E-state index contributed by atoms with van der Waals surface area (Å²) < 4.78 is 41.6. The second-order valence-corrected chi connectivity index (χ2v) is 6.33. The molecule has 0 bridgehead atoms. The third-order valence-electron chi connectivity index (χ3n) is 3.14. The van der Waals surface area contributed by atoms with Gasteiger partial charge in [0.15, 0.2) is 0 Å². The zero-order valence-electron chi connectivity index (χ0n) is 10.6. The first-order valence-corrected chi connectivity index (χ1v) is 7.76. The van der Waals surface area contributed by atoms with Crippen LogP contribution in [0.5, 0.6) is 0 Å². The molecular formula is C12H18FN3O2S. The van der Waals surface area contributed by atoms with Gasteiger partial charge >= 0.3 is 10.2 Å². The number of hydrogen-bond acceptors (Lipinski definition) is 3. The maximum absolute atomic E-state index is 13.6. The van der Waals surface area contributed by atoms with E-state index in [1.807, 2.05) is 0 Å². The van der Waals surface area contributed by atoms with Crippen molar-refractivity contribution < 1.29 is 12.8 Å². The van der Waals surface area contributed by atoms with Crippen LogP contribution in [-0.2, 0) is 10.2 Å². The lowest BCUT2D eigenvalue weighted by Gasteiger charge is -2.21. The molecule has 1 aliphatic heterocycles. The lowest BCUT2D eigenvalue weighted by Crippen LogP contribution is -2.36. The second-order valence-electron chi connectivity index (χ2n) is 4.66. The Morgan fingerprint density at radius 2 is 1.79 bits per heavy atom. The number of benzene rings is 1. The van der Waals surface area contributed by atoms with Gasteiger partial charge in [0.05, 0.1) is 5.69 Å². The number of nitrogens with two attached hydrogens (primary N) is 1. The topological polar surface area (TPSA) is 75.4 Å². The van der Waals surface area contributed by atoms with Gasteiger partial charge in [-0.05, 0) is 31.0 Å². The number of rotatable bonds is 3. The van der Waals surface area contributed by atoms with Crippen LogP contribution in [0.15, 0.2) is 18.2 Å². The van der Waals surface area contributed by atoms with E-state index >= 15 is 0 Å². The molecule has 19 heavy (non-hydrogen) atoms. The first-order chi connectivity index (χ1) is 8.99. The van der Waals surface area contributed by atoms with Crippen molar-refractivity contribution in [1.29, 1.82) is 0 Å². The zero-order chi connectivity index (χ0) is 13.9. The molecule has 1 aromatic rings. The van der Waals surface area contributed by atoms with Crippen molar-refractivity contribution in [3.05, 3.63) is 24.0 Å². The van der Waals surface area contributed by atoms with E-state index < -0.39 is 16.0 Å². The van der Waals surface area contributed by atoms with Gasteiger partial charge in [0.25, 0.3) is 0 Å². The summed E-state index contributed by atoms with van der Waals surface area (Å²) in [5, 5.41) is 0. The first kappa shape index (κ1) is 14.1. The monoisotopic (exact) mass is 287 g/mol. The fourth-order valence-corrected chi connectivity index (χ4v) is 3.41. The molecule has 0 aromatic heterocycles. The van der Waals surface area contributed by atoms with E-state index in [2.05, 4.69) is 4.72 Å². The summed E-state index contributed by atoms with van der Waals surface area (Å²) in [5.74, 6) is -0.668. The van der Waals surface area contributed by atoms with Crippen molar-refractivity contribution in [2.24, 2.45) is 0 Å². The number of halogens is 1. The van der Waals surface area contributed by atoms with E-state index in [4.69, 9.17) is 5.73 Å². The standard InChI is InChI=1S/C12H18FN3O2S/c13-11-9-10(14)5-6-12(11)15-19(17,18)16-7-3-1-2-4-8-16/h5-6,9,15H,1-4,7-8,14H2. The van der Waals surface area contributed by atoms with E-state index in [0.29, 0.717) is 13.1 Å². The summed E-state index contributed by atoms with van der Waals surface area (Å²) in [4.78, 5) is 0. The third-order valence-corrected chi connectivity index (χ3v) is 4.66. The minimum Gasteiger partial charge on any atom is -0.399 e. The van der Waals surface area contributed by atoms with E-state index in [1.54, 1.807) is 0 Å². The van der Waals surface area contributed by atoms with Crippen molar-refractivity contribution in [1.82, 2.24) is 4.31 Å². The minimum absolute atomic E-state index is 0.0709. The molecule has 1 fully saturated rings. The molecule has 1 aliphatic rings. The number of hydrogen-bond donors (Lipinski definition) is 2. The van der Waals surface area contributed by atoms with Crippen molar-refractivity contribution in [3.63, 3.8) is 0 Å². The van der Waals surface area contributed by atoms with Gasteiger partial charge in [0, 0.05) is 18.8 Å². The number of nitrogens with zero attached hydrogens (tertiary/aromatic N) is 1. The average molecular weight is 287 g/mol. The summed E-state index contributed by atoms with van der Waals surface area (Å²) in [5.41, 5.74) is 5.62. The van der Waals surface area contributed by atoms with Gasteiger partial charge in [-0.15, -0.1) is 0 Å². The molecule has 1 saturated heterocycles. The molecule has 1 aromatic carbocycles. The van der Waals surface area contributed by atoms with Crippen LogP contribution in [0.2, 0.25) is 0 Å². The van der Waals surface area contributed by atoms with Crippen LogP contribution < -0.4 is 10.5 Å². The minimum atomic E-state index is -3.69. The average Bonchev–Trinajstić information content (AvgIpc) is 2.62. The van der Waals surface area contributed by atoms with Gasteiger partial charge in [0.1, 0.15) is 5.82 Å². The quantitative estimate of drug-likeness (QED) is 0.834. The van der Waals surface area contributed by atoms with Gasteiger partial charge in [-0.25, -0.2) is 4.39 Å². The van der Waals surface area contributed by atoms with E-state index in [9.17, 15) is 12.8 Å². The number of nitrogen functional groups attached to an aromatic ring is 1. The normalized spacial score (nSPS) is 17.9. The van der Waals surface area contributed by atoms with Gasteiger partial charge in [0.2, 0.25) is 0 Å². The Balaban J connectivity index is 2.15. The lowest BCUT2D eigenvalue weighted by atomic mass is 10.2. The smallest absolute Gasteiger partial charge is 0.301 e. The first-order valence-electron chi connectivity index (χ1n) is 6.32. The fraction of sp³-hybridized carbons (Fsp3) is 0.500. The fourth-order valence-electron chi connectivity index (χ4n) is 2.10. The van der Waals surface area contributed by atoms with Crippen LogP contribution in [-0.4, -0.2) is 25.8 Å². The maximum atomic E-state index is 13.6. The molecule has 0 radical (unpaired) electrons. The highest BCUT2D eigenvalue weighted by Crippen LogP contribution is 2.20. The molecule has 0 unspecified atom stereocenters. The van der Waals surface area contributed by atoms with Crippen LogP contribution in [0.4, 0.5) is 15.8 Å². The van der Waals surface area contributed by atoms with Crippen LogP contribution >= 0.6 is 0 Å². The highest BCUT2D eigenvalue weighted by Gasteiger charge is 2.23. The SMILES string of the molecule is Nc1ccc(NS(=O)(=O)N2CCCCCC2)c(F)c1. The van der Waals surface area contributed by atoms with E-state index in [1.165, 1.54) is 16.4 Å². The summed E-state index contributed by atoms with van der Waals surface area (Å²) >= 11 is 0. The Kier molecular flexibility index (Phi) is 4.26. The lowest BCUT2D eigenvalue weighted by molar-refractivity contribution is 0.427. The summed E-state index contributed by atoms with van der Waals surface area (Å²) in [7, 11) is -3.69. The van der Waals surface area contributed by atoms with Crippen molar-refractivity contribution >= 4 is 21.6 Å². The molecule has 0 spiro atoms. The molecular weight excluding hydrogens is 269 g/mol. The van der Waals surface area contributed by atoms with E-state index in [0.717, 1.165) is 31.7 Å². The van der Waals surface area contributed by atoms with Crippen LogP contribution in [0.3, 0.4) is 0 Å². The Morgan fingerprint density at radius 1 is 1.16 bits per heavy atom. The molecule has 0 atom stereocenters. The Labute approximate surface area is 112 Å². The van der Waals surface area contributed by atoms with Gasteiger partial charge < -0.3 is 5.73 Å². The zero-order valence-corrected chi connectivity index (χ0v) is 11.4. The molecule has 0 amide bonds. The highest BCUT2D eigenvalue weighted by molar-refractivity contribution is 7.90. The molecule has 3 N–H and O–H groups in total. The Hall–Kier alpha value is -1.34. The van der Waals surface area contributed by atoms with Crippen molar-refractivity contribution in [3.8, 4) is 0 Å². The number of nitrogens with one attached hydrogen (secondary N) is 1. The second kappa shape index (κ2) is 5.75. The van der Waals surface area contributed by atoms with Gasteiger partial charge in [-0.3, -0.25) is 4.72 Å². The van der Waals surface area contributed by atoms with Crippen LogP contribution in [0.25, 0.3) is 0 Å². The van der Waals surface area contributed by atoms with Gasteiger partial charge in [-0.1, -0.05) is 12.8 Å². The number of anilines is 2. The van der Waals surface area contributed by atoms with Crippen molar-refractivity contribution in [2.75, 3.05) is 23.5 Å². The van der Waals surface area contributed by atoms with Crippen molar-refractivity contribution in [2.45, 2.75) is 25.7 Å². The molecule has 0 aliphatic carbocycles. The predicted octanol–water partition coefficient (Wildman–Crippen LogP) is 1.94. The molecule has 0 saturated carbocycles. The summed E-state index contributed by atoms with van der Waals surface area (Å²) in [6, 6.07) is 3.89. The molecule has 7 heteroatoms. The predicted molar refractivity (Wildman–Crippen MR) is 73.4 cm³/mol. The van der Waals surface area contributed by atoms with Crippen LogP contribution in [0, 0.1) is 5.82 Å². The Bertz CT molecular complexity index is 540. The van der Waals surface area contributed by atoms with Gasteiger partial charge in [-0.2, -0.15) is 12.7 Å². The maximum Gasteiger partial charge on any atom is 0.301 e. The molecule has 106 valence electrons. The Morgan fingerprint density at radius 3 is 2.37 bits per heavy atom. The van der Waals surface area contributed by atoms with Crippen LogP contribution in [0.1, 0.15) is 25.7 Å². The molecule has 2 rings (SSSR count). The van der Waals surface area contributed by atoms with E-state index in [-0.39, 0.29) is 11.4 Å². The summed E-state index contributed by atoms with van der Waals surface area (Å²) in [6.07, 6.45) is 3.74.